The molecule has 0 spiro atoms. The molecular weight excluding hydrogens is 282 g/mol. The van der Waals surface area contributed by atoms with Crippen LogP contribution in [0.3, 0.4) is 0 Å². The molecule has 0 N–H and O–H groups in total. The quantitative estimate of drug-likeness (QED) is 0.735. The van der Waals surface area contributed by atoms with Crippen LogP contribution in [-0.4, -0.2) is 16.8 Å². The van der Waals surface area contributed by atoms with Crippen LogP contribution in [0.15, 0.2) is 36.4 Å². The van der Waals surface area contributed by atoms with Crippen molar-refractivity contribution in [1.82, 2.24) is 4.90 Å². The van der Waals surface area contributed by atoms with Gasteiger partial charge in [0.2, 0.25) is 5.91 Å². The molecule has 3 heteroatoms. The summed E-state index contributed by atoms with van der Waals surface area (Å²) in [6.07, 6.45) is 9.48. The molecule has 2 atom stereocenters. The number of hydrogen-bond donors (Lipinski definition) is 0. The van der Waals surface area contributed by atoms with Crippen LogP contribution in [0.5, 0.6) is 0 Å². The highest BCUT2D eigenvalue weighted by atomic mass is 35.5. The van der Waals surface area contributed by atoms with E-state index in [-0.39, 0.29) is 12.0 Å². The van der Waals surface area contributed by atoms with Gasteiger partial charge in [-0.15, -0.1) is 0 Å². The van der Waals surface area contributed by atoms with Crippen molar-refractivity contribution in [2.75, 3.05) is 0 Å². The lowest BCUT2D eigenvalue weighted by molar-refractivity contribution is -0.138. The van der Waals surface area contributed by atoms with Crippen LogP contribution in [-0.2, 0) is 4.79 Å². The Morgan fingerprint density at radius 2 is 2.00 bits per heavy atom. The summed E-state index contributed by atoms with van der Waals surface area (Å²) in [6, 6.07) is 8.35. The van der Waals surface area contributed by atoms with E-state index in [0.29, 0.717) is 11.9 Å². The summed E-state index contributed by atoms with van der Waals surface area (Å²) in [4.78, 5) is 15.1. The van der Waals surface area contributed by atoms with Crippen LogP contribution in [0.2, 0.25) is 5.02 Å². The standard InChI is InChI=1S/C18H22ClNO/c1-13(16-9-5-6-10-17(16)19)20(15-11-12-15)18(21)14-7-3-2-4-8-14/h2-3,5-6,9-10,13-15H,4,7-8,11-12H2,1H3. The van der Waals surface area contributed by atoms with Gasteiger partial charge in [-0.05, 0) is 50.7 Å². The first-order valence-electron chi connectivity index (χ1n) is 7.90. The van der Waals surface area contributed by atoms with Gasteiger partial charge >= 0.3 is 0 Å². The van der Waals surface area contributed by atoms with Gasteiger partial charge in [-0.2, -0.15) is 0 Å². The van der Waals surface area contributed by atoms with Crippen molar-refractivity contribution in [3.8, 4) is 0 Å². The number of halogens is 1. The average Bonchev–Trinajstić information content (AvgIpc) is 3.33. The molecule has 21 heavy (non-hydrogen) atoms. The Hall–Kier alpha value is -1.28. The number of allylic oxidation sites excluding steroid dienone is 2. The fourth-order valence-corrected chi connectivity index (χ4v) is 3.53. The predicted molar refractivity (Wildman–Crippen MR) is 86.2 cm³/mol. The molecule has 112 valence electrons. The van der Waals surface area contributed by atoms with E-state index in [1.54, 1.807) is 0 Å². The summed E-state index contributed by atoms with van der Waals surface area (Å²) in [5.74, 6) is 0.467. The van der Waals surface area contributed by atoms with Crippen LogP contribution >= 0.6 is 11.6 Å². The molecule has 3 rings (SSSR count). The van der Waals surface area contributed by atoms with Crippen molar-refractivity contribution < 1.29 is 4.79 Å². The third kappa shape index (κ3) is 3.16. The van der Waals surface area contributed by atoms with Crippen molar-refractivity contribution in [2.24, 2.45) is 5.92 Å². The van der Waals surface area contributed by atoms with Crippen molar-refractivity contribution in [1.29, 1.82) is 0 Å². The summed E-state index contributed by atoms with van der Waals surface area (Å²) in [5.41, 5.74) is 1.06. The molecule has 1 saturated carbocycles. The number of benzene rings is 1. The van der Waals surface area contributed by atoms with Crippen LogP contribution in [0.4, 0.5) is 0 Å². The maximum atomic E-state index is 13.0. The van der Waals surface area contributed by atoms with Gasteiger partial charge < -0.3 is 4.90 Å². The minimum atomic E-state index is 0.0598. The Morgan fingerprint density at radius 3 is 2.62 bits per heavy atom. The average molecular weight is 304 g/mol. The minimum absolute atomic E-state index is 0.0598. The number of hydrogen-bond acceptors (Lipinski definition) is 1. The molecule has 2 aliphatic carbocycles. The molecule has 0 aliphatic heterocycles. The van der Waals surface area contributed by atoms with Crippen molar-refractivity contribution in [3.63, 3.8) is 0 Å². The maximum absolute atomic E-state index is 13.0. The van der Waals surface area contributed by atoms with E-state index in [1.807, 2.05) is 24.3 Å². The smallest absolute Gasteiger partial charge is 0.226 e. The number of amides is 1. The predicted octanol–water partition coefficient (Wildman–Crippen LogP) is 4.75. The highest BCUT2D eigenvalue weighted by molar-refractivity contribution is 6.31. The van der Waals surface area contributed by atoms with E-state index in [9.17, 15) is 4.79 Å². The van der Waals surface area contributed by atoms with E-state index in [0.717, 1.165) is 42.7 Å². The number of nitrogens with zero attached hydrogens (tertiary/aromatic N) is 1. The second-order valence-electron chi connectivity index (χ2n) is 6.16. The first-order valence-corrected chi connectivity index (χ1v) is 8.28. The van der Waals surface area contributed by atoms with Gasteiger partial charge in [0.1, 0.15) is 0 Å². The summed E-state index contributed by atoms with van der Waals surface area (Å²) >= 11 is 6.33. The lowest BCUT2D eigenvalue weighted by Gasteiger charge is -2.34. The summed E-state index contributed by atoms with van der Waals surface area (Å²) in [6.45, 7) is 2.11. The molecule has 0 bridgehead atoms. The van der Waals surface area contributed by atoms with Crippen molar-refractivity contribution in [3.05, 3.63) is 47.0 Å². The maximum Gasteiger partial charge on any atom is 0.226 e. The zero-order valence-electron chi connectivity index (χ0n) is 12.5. The largest absolute Gasteiger partial charge is 0.333 e. The first kappa shape index (κ1) is 14.6. The van der Waals surface area contributed by atoms with Crippen LogP contribution in [0.1, 0.15) is 50.6 Å². The third-order valence-electron chi connectivity index (χ3n) is 4.59. The van der Waals surface area contributed by atoms with E-state index in [1.165, 1.54) is 0 Å². The molecule has 1 aromatic rings. The zero-order valence-corrected chi connectivity index (χ0v) is 13.2. The summed E-state index contributed by atoms with van der Waals surface area (Å²) < 4.78 is 0. The molecule has 0 saturated heterocycles. The third-order valence-corrected chi connectivity index (χ3v) is 4.93. The fraction of sp³-hybridized carbons (Fsp3) is 0.500. The molecule has 0 radical (unpaired) electrons. The van der Waals surface area contributed by atoms with Gasteiger partial charge in [0.25, 0.3) is 0 Å². The van der Waals surface area contributed by atoms with Crippen molar-refractivity contribution in [2.45, 2.75) is 51.1 Å². The van der Waals surface area contributed by atoms with Gasteiger partial charge in [0.05, 0.1) is 6.04 Å². The van der Waals surface area contributed by atoms with Crippen LogP contribution in [0, 0.1) is 5.92 Å². The van der Waals surface area contributed by atoms with E-state index >= 15 is 0 Å². The topological polar surface area (TPSA) is 20.3 Å². The van der Waals surface area contributed by atoms with Crippen LogP contribution in [0.25, 0.3) is 0 Å². The molecule has 1 aromatic carbocycles. The van der Waals surface area contributed by atoms with Crippen LogP contribution < -0.4 is 0 Å². The summed E-state index contributed by atoms with van der Waals surface area (Å²) in [5, 5.41) is 0.756. The summed E-state index contributed by atoms with van der Waals surface area (Å²) in [7, 11) is 0. The van der Waals surface area contributed by atoms with Gasteiger partial charge in [-0.1, -0.05) is 42.0 Å². The molecule has 0 aromatic heterocycles. The Kier molecular flexibility index (Phi) is 4.34. The Labute approximate surface area is 131 Å². The molecule has 1 fully saturated rings. The van der Waals surface area contributed by atoms with Gasteiger partial charge in [0, 0.05) is 17.0 Å². The second kappa shape index (κ2) is 6.23. The SMILES string of the molecule is CC(c1ccccc1Cl)N(C(=O)C1CC=CCC1)C1CC1. The molecule has 1 amide bonds. The lowest BCUT2D eigenvalue weighted by Crippen LogP contribution is -2.40. The molecule has 2 nitrogen and oxygen atoms in total. The second-order valence-corrected chi connectivity index (χ2v) is 6.56. The number of rotatable bonds is 4. The Balaban J connectivity index is 1.82. The lowest BCUT2D eigenvalue weighted by atomic mass is 9.92. The number of carbonyl (C=O) groups is 1. The highest BCUT2D eigenvalue weighted by Gasteiger charge is 2.39. The molecule has 2 unspecified atom stereocenters. The Bertz CT molecular complexity index is 550. The first-order chi connectivity index (χ1) is 10.2. The number of carbonyl (C=O) groups excluding carboxylic acids is 1. The highest BCUT2D eigenvalue weighted by Crippen LogP contribution is 2.38. The van der Waals surface area contributed by atoms with E-state index in [2.05, 4.69) is 24.0 Å². The molecular formula is C18H22ClNO. The monoisotopic (exact) mass is 303 g/mol. The van der Waals surface area contributed by atoms with E-state index in [4.69, 9.17) is 11.6 Å². The minimum Gasteiger partial charge on any atom is -0.333 e. The molecule has 0 heterocycles. The van der Waals surface area contributed by atoms with Crippen molar-refractivity contribution >= 4 is 17.5 Å². The molecule has 2 aliphatic rings. The zero-order chi connectivity index (χ0) is 14.8. The fourth-order valence-electron chi connectivity index (χ4n) is 3.23. The van der Waals surface area contributed by atoms with Gasteiger partial charge in [-0.25, -0.2) is 0 Å². The van der Waals surface area contributed by atoms with Gasteiger partial charge in [-0.3, -0.25) is 4.79 Å². The van der Waals surface area contributed by atoms with Gasteiger partial charge in [0.15, 0.2) is 0 Å². The van der Waals surface area contributed by atoms with E-state index < -0.39 is 0 Å². The Morgan fingerprint density at radius 1 is 1.24 bits per heavy atom. The normalized spacial score (nSPS) is 22.9.